The van der Waals surface area contributed by atoms with Crippen molar-refractivity contribution >= 4 is 21.4 Å². The van der Waals surface area contributed by atoms with Crippen molar-refractivity contribution in [3.05, 3.63) is 34.7 Å². The number of rotatable bonds is 3. The van der Waals surface area contributed by atoms with Crippen LogP contribution in [0.25, 0.3) is 10.1 Å². The Hall–Kier alpha value is -0.860. The van der Waals surface area contributed by atoms with Crippen molar-refractivity contribution in [1.29, 1.82) is 0 Å². The molecular weight excluding hydrogens is 202 g/mol. The van der Waals surface area contributed by atoms with Gasteiger partial charge in [-0.05, 0) is 35.9 Å². The van der Waals surface area contributed by atoms with E-state index in [1.165, 1.54) is 20.5 Å². The number of hydrogen-bond acceptors (Lipinski definition) is 2. The summed E-state index contributed by atoms with van der Waals surface area (Å²) in [5.74, 6) is 0.619. The van der Waals surface area contributed by atoms with Crippen LogP contribution in [-0.2, 0) is 6.42 Å². The van der Waals surface area contributed by atoms with Gasteiger partial charge < -0.3 is 5.73 Å². The van der Waals surface area contributed by atoms with E-state index in [1.807, 2.05) is 11.3 Å². The first-order valence-electron chi connectivity index (χ1n) is 5.43. The lowest BCUT2D eigenvalue weighted by Crippen LogP contribution is -2.02. The summed E-state index contributed by atoms with van der Waals surface area (Å²) < 4.78 is 1.42. The second-order valence-electron chi connectivity index (χ2n) is 4.18. The lowest BCUT2D eigenvalue weighted by atomic mass is 10.1. The van der Waals surface area contributed by atoms with E-state index in [9.17, 15) is 0 Å². The summed E-state index contributed by atoms with van der Waals surface area (Å²) in [6.07, 6.45) is 0.982. The van der Waals surface area contributed by atoms with Crippen LogP contribution in [0.3, 0.4) is 0 Å². The molecule has 0 aliphatic carbocycles. The second kappa shape index (κ2) is 4.33. The summed E-state index contributed by atoms with van der Waals surface area (Å²) in [7, 11) is 0. The Bertz CT molecular complexity index is 457. The molecule has 2 heteroatoms. The molecule has 2 aromatic rings. The maximum Gasteiger partial charge on any atom is 0.0378 e. The molecule has 1 nitrogen and oxygen atoms in total. The molecule has 2 N–H and O–H groups in total. The molecule has 0 atom stereocenters. The maximum atomic E-state index is 5.62. The lowest BCUT2D eigenvalue weighted by Gasteiger charge is -1.99. The smallest absolute Gasteiger partial charge is 0.0378 e. The van der Waals surface area contributed by atoms with Crippen molar-refractivity contribution in [2.45, 2.75) is 26.2 Å². The molecule has 1 heterocycles. The zero-order valence-electron chi connectivity index (χ0n) is 9.29. The van der Waals surface area contributed by atoms with E-state index in [1.54, 1.807) is 0 Å². The molecule has 0 saturated heterocycles. The van der Waals surface area contributed by atoms with Gasteiger partial charge in [0, 0.05) is 9.58 Å². The highest BCUT2D eigenvalue weighted by Gasteiger charge is 2.07. The molecule has 0 saturated carbocycles. The molecule has 0 bridgehead atoms. The van der Waals surface area contributed by atoms with Crippen molar-refractivity contribution < 1.29 is 0 Å². The Labute approximate surface area is 94.9 Å². The van der Waals surface area contributed by atoms with Gasteiger partial charge in [0.1, 0.15) is 0 Å². The Morgan fingerprint density at radius 2 is 2.13 bits per heavy atom. The molecule has 1 aromatic heterocycles. The van der Waals surface area contributed by atoms with Gasteiger partial charge in [0.2, 0.25) is 0 Å². The van der Waals surface area contributed by atoms with Gasteiger partial charge in [-0.15, -0.1) is 11.3 Å². The Morgan fingerprint density at radius 1 is 1.33 bits per heavy atom. The fourth-order valence-corrected chi connectivity index (χ4v) is 2.98. The van der Waals surface area contributed by atoms with Crippen LogP contribution in [0.15, 0.2) is 24.3 Å². The van der Waals surface area contributed by atoms with Gasteiger partial charge in [0.05, 0.1) is 0 Å². The molecule has 1 aromatic carbocycles. The quantitative estimate of drug-likeness (QED) is 0.839. The van der Waals surface area contributed by atoms with Gasteiger partial charge >= 0.3 is 0 Å². The first-order chi connectivity index (χ1) is 7.22. The first kappa shape index (κ1) is 10.7. The number of thiophene rings is 1. The van der Waals surface area contributed by atoms with Crippen molar-refractivity contribution in [3.63, 3.8) is 0 Å². The molecule has 0 spiro atoms. The van der Waals surface area contributed by atoms with Gasteiger partial charge in [0.25, 0.3) is 0 Å². The Kier molecular flexibility index (Phi) is 3.08. The molecule has 0 aliphatic heterocycles. The van der Waals surface area contributed by atoms with E-state index >= 15 is 0 Å². The van der Waals surface area contributed by atoms with Crippen LogP contribution < -0.4 is 5.73 Å². The number of nitrogens with two attached hydrogens (primary N) is 1. The highest BCUT2D eigenvalue weighted by atomic mass is 32.1. The third kappa shape index (κ3) is 2.06. The first-order valence-corrected chi connectivity index (χ1v) is 6.25. The van der Waals surface area contributed by atoms with Gasteiger partial charge in [0.15, 0.2) is 0 Å². The topological polar surface area (TPSA) is 26.0 Å². The van der Waals surface area contributed by atoms with Crippen molar-refractivity contribution in [2.24, 2.45) is 5.73 Å². The van der Waals surface area contributed by atoms with Gasteiger partial charge in [-0.3, -0.25) is 0 Å². The summed E-state index contributed by atoms with van der Waals surface area (Å²) >= 11 is 1.92. The molecular formula is C13H17NS. The number of fused-ring (bicyclic) bond motifs is 1. The van der Waals surface area contributed by atoms with Gasteiger partial charge in [-0.2, -0.15) is 0 Å². The van der Waals surface area contributed by atoms with E-state index in [2.05, 4.69) is 38.1 Å². The van der Waals surface area contributed by atoms with Crippen molar-refractivity contribution in [1.82, 2.24) is 0 Å². The monoisotopic (exact) mass is 219 g/mol. The van der Waals surface area contributed by atoms with Crippen LogP contribution >= 0.6 is 11.3 Å². The normalized spacial score (nSPS) is 11.5. The Morgan fingerprint density at radius 3 is 2.80 bits per heavy atom. The highest BCUT2D eigenvalue weighted by Crippen LogP contribution is 2.32. The van der Waals surface area contributed by atoms with Crippen LogP contribution in [0.1, 0.15) is 30.2 Å². The van der Waals surface area contributed by atoms with E-state index < -0.39 is 0 Å². The van der Waals surface area contributed by atoms with Crippen LogP contribution in [0, 0.1) is 0 Å². The third-order valence-electron chi connectivity index (χ3n) is 2.63. The Balaban J connectivity index is 2.54. The van der Waals surface area contributed by atoms with Gasteiger partial charge in [-0.1, -0.05) is 32.0 Å². The zero-order valence-corrected chi connectivity index (χ0v) is 10.1. The predicted molar refractivity (Wildman–Crippen MR) is 68.7 cm³/mol. The maximum absolute atomic E-state index is 5.62. The standard InChI is InChI=1S/C13H17NS/c1-9(2)12-8-11-5-3-4-10(6-7-14)13(11)15-12/h3-5,8-9H,6-7,14H2,1-2H3. The van der Waals surface area contributed by atoms with Gasteiger partial charge in [-0.25, -0.2) is 0 Å². The van der Waals surface area contributed by atoms with E-state index in [0.29, 0.717) is 5.92 Å². The van der Waals surface area contributed by atoms with Crippen molar-refractivity contribution in [3.8, 4) is 0 Å². The number of benzene rings is 1. The molecule has 0 fully saturated rings. The minimum atomic E-state index is 0.619. The second-order valence-corrected chi connectivity index (χ2v) is 5.26. The fraction of sp³-hybridized carbons (Fsp3) is 0.385. The molecule has 80 valence electrons. The largest absolute Gasteiger partial charge is 0.330 e. The molecule has 0 radical (unpaired) electrons. The van der Waals surface area contributed by atoms with Crippen LogP contribution in [0.5, 0.6) is 0 Å². The summed E-state index contributed by atoms with van der Waals surface area (Å²) in [5.41, 5.74) is 7.02. The molecule has 0 unspecified atom stereocenters. The third-order valence-corrected chi connectivity index (χ3v) is 4.15. The minimum absolute atomic E-state index is 0.619. The minimum Gasteiger partial charge on any atom is -0.330 e. The summed E-state index contributed by atoms with van der Waals surface area (Å²) in [5, 5.41) is 1.37. The van der Waals surface area contributed by atoms with Crippen LogP contribution in [0.2, 0.25) is 0 Å². The predicted octanol–water partition coefficient (Wildman–Crippen LogP) is 3.53. The molecule has 15 heavy (non-hydrogen) atoms. The molecule has 0 amide bonds. The number of hydrogen-bond donors (Lipinski definition) is 1. The van der Waals surface area contributed by atoms with E-state index in [0.717, 1.165) is 13.0 Å². The van der Waals surface area contributed by atoms with E-state index in [-0.39, 0.29) is 0 Å². The summed E-state index contributed by atoms with van der Waals surface area (Å²) in [4.78, 5) is 1.47. The summed E-state index contributed by atoms with van der Waals surface area (Å²) in [6.45, 7) is 5.22. The van der Waals surface area contributed by atoms with Crippen molar-refractivity contribution in [2.75, 3.05) is 6.54 Å². The average molecular weight is 219 g/mol. The zero-order chi connectivity index (χ0) is 10.8. The highest BCUT2D eigenvalue weighted by molar-refractivity contribution is 7.19. The van der Waals surface area contributed by atoms with Crippen LogP contribution in [0.4, 0.5) is 0 Å². The molecule has 0 aliphatic rings. The van der Waals surface area contributed by atoms with E-state index in [4.69, 9.17) is 5.73 Å². The fourth-order valence-electron chi connectivity index (χ4n) is 1.78. The lowest BCUT2D eigenvalue weighted by molar-refractivity contribution is 0.890. The van der Waals surface area contributed by atoms with Crippen LogP contribution in [-0.4, -0.2) is 6.54 Å². The SMILES string of the molecule is CC(C)c1cc2cccc(CCN)c2s1. The summed E-state index contributed by atoms with van der Waals surface area (Å²) in [6, 6.07) is 8.82. The average Bonchev–Trinajstić information content (AvgIpc) is 2.63. The molecule has 2 rings (SSSR count).